The Kier molecular flexibility index (Phi) is 4.04. The van der Waals surface area contributed by atoms with E-state index in [-0.39, 0.29) is 5.91 Å². The molecule has 0 radical (unpaired) electrons. The van der Waals surface area contributed by atoms with E-state index in [2.05, 4.69) is 15.3 Å². The van der Waals surface area contributed by atoms with Gasteiger partial charge in [-0.25, -0.2) is 4.98 Å². The molecule has 2 rings (SSSR count). The predicted octanol–water partition coefficient (Wildman–Crippen LogP) is 2.29. The number of hydrogen-bond acceptors (Lipinski definition) is 5. The maximum Gasteiger partial charge on any atom is 0.250 e. The first-order valence-corrected chi connectivity index (χ1v) is 7.11. The number of pyridine rings is 1. The molecular formula is C14H16N4O2S. The van der Waals surface area contributed by atoms with Gasteiger partial charge < -0.3 is 11.1 Å². The van der Waals surface area contributed by atoms with Crippen molar-refractivity contribution in [2.45, 2.75) is 20.8 Å². The molecule has 0 spiro atoms. The van der Waals surface area contributed by atoms with Crippen molar-refractivity contribution in [2.24, 2.45) is 11.1 Å². The molecule has 0 saturated heterocycles. The van der Waals surface area contributed by atoms with Crippen LogP contribution in [0.1, 0.15) is 31.1 Å². The summed E-state index contributed by atoms with van der Waals surface area (Å²) in [6, 6.07) is 1.65. The van der Waals surface area contributed by atoms with Crippen LogP contribution in [0.25, 0.3) is 10.4 Å². The highest BCUT2D eigenvalue weighted by atomic mass is 32.1. The van der Waals surface area contributed by atoms with Crippen molar-refractivity contribution in [2.75, 3.05) is 5.32 Å². The first kappa shape index (κ1) is 15.1. The fourth-order valence-electron chi connectivity index (χ4n) is 1.46. The summed E-state index contributed by atoms with van der Waals surface area (Å²) in [5.41, 5.74) is 5.82. The predicted molar refractivity (Wildman–Crippen MR) is 81.9 cm³/mol. The summed E-state index contributed by atoms with van der Waals surface area (Å²) in [5, 5.41) is 3.27. The van der Waals surface area contributed by atoms with Gasteiger partial charge in [0.2, 0.25) is 11.8 Å². The van der Waals surface area contributed by atoms with Crippen molar-refractivity contribution in [1.82, 2.24) is 9.97 Å². The van der Waals surface area contributed by atoms with Crippen LogP contribution in [0.4, 0.5) is 5.13 Å². The first-order chi connectivity index (χ1) is 9.77. The molecule has 0 saturated carbocycles. The van der Waals surface area contributed by atoms with Crippen LogP contribution in [0.5, 0.6) is 0 Å². The fraction of sp³-hybridized carbons (Fsp3) is 0.286. The number of nitrogens with one attached hydrogen (secondary N) is 1. The third-order valence-corrected chi connectivity index (χ3v) is 3.68. The number of carbonyl (C=O) groups is 2. The number of hydrogen-bond donors (Lipinski definition) is 2. The lowest BCUT2D eigenvalue weighted by atomic mass is 9.96. The second-order valence-corrected chi connectivity index (χ2v) is 6.59. The number of thiazole rings is 1. The normalized spacial score (nSPS) is 11.2. The van der Waals surface area contributed by atoms with Gasteiger partial charge in [0.1, 0.15) is 0 Å². The Balaban J connectivity index is 2.22. The van der Waals surface area contributed by atoms with Crippen molar-refractivity contribution >= 4 is 28.3 Å². The Bertz CT molecular complexity index is 688. The van der Waals surface area contributed by atoms with Crippen LogP contribution in [0.2, 0.25) is 0 Å². The van der Waals surface area contributed by atoms with Crippen LogP contribution in [-0.2, 0) is 4.79 Å². The molecule has 110 valence electrons. The van der Waals surface area contributed by atoms with Gasteiger partial charge in [0.05, 0.1) is 10.4 Å². The standard InChI is InChI=1S/C14H16N4O2S/c1-14(2,3)12(20)18-13-17-7-10(21-13)8-4-9(11(15)19)6-16-5-8/h4-7H,1-3H3,(H2,15,19)(H,17,18,20). The molecule has 2 amide bonds. The lowest BCUT2D eigenvalue weighted by Crippen LogP contribution is -2.27. The van der Waals surface area contributed by atoms with Crippen molar-refractivity contribution in [3.05, 3.63) is 30.2 Å². The summed E-state index contributed by atoms with van der Waals surface area (Å²) in [7, 11) is 0. The van der Waals surface area contributed by atoms with Gasteiger partial charge >= 0.3 is 0 Å². The second kappa shape index (κ2) is 5.61. The molecule has 0 aliphatic rings. The van der Waals surface area contributed by atoms with E-state index in [1.54, 1.807) is 18.5 Å². The van der Waals surface area contributed by atoms with E-state index in [4.69, 9.17) is 5.73 Å². The molecule has 3 N–H and O–H groups in total. The minimum absolute atomic E-state index is 0.104. The second-order valence-electron chi connectivity index (χ2n) is 5.56. The zero-order chi connectivity index (χ0) is 15.6. The summed E-state index contributed by atoms with van der Waals surface area (Å²) in [6.07, 6.45) is 4.66. The molecule has 0 fully saturated rings. The van der Waals surface area contributed by atoms with Gasteiger partial charge in [0.15, 0.2) is 5.13 Å². The van der Waals surface area contributed by atoms with E-state index in [0.717, 1.165) is 10.4 Å². The number of amides is 2. The minimum atomic E-state index is -0.532. The molecule has 0 unspecified atom stereocenters. The van der Waals surface area contributed by atoms with E-state index >= 15 is 0 Å². The van der Waals surface area contributed by atoms with Crippen LogP contribution in [0.15, 0.2) is 24.7 Å². The van der Waals surface area contributed by atoms with E-state index < -0.39 is 11.3 Å². The van der Waals surface area contributed by atoms with E-state index in [1.165, 1.54) is 17.5 Å². The van der Waals surface area contributed by atoms with E-state index in [1.807, 2.05) is 20.8 Å². The molecule has 2 heterocycles. The van der Waals surface area contributed by atoms with Crippen LogP contribution in [-0.4, -0.2) is 21.8 Å². The van der Waals surface area contributed by atoms with Gasteiger partial charge in [0, 0.05) is 29.6 Å². The third-order valence-electron chi connectivity index (χ3n) is 2.71. The number of carbonyl (C=O) groups excluding carboxylic acids is 2. The van der Waals surface area contributed by atoms with Gasteiger partial charge in [-0.3, -0.25) is 14.6 Å². The van der Waals surface area contributed by atoms with Crippen LogP contribution in [0, 0.1) is 5.41 Å². The number of aromatic nitrogens is 2. The Morgan fingerprint density at radius 1 is 1.24 bits per heavy atom. The number of rotatable bonds is 3. The quantitative estimate of drug-likeness (QED) is 0.909. The largest absolute Gasteiger partial charge is 0.366 e. The van der Waals surface area contributed by atoms with Crippen molar-refractivity contribution in [3.8, 4) is 10.4 Å². The van der Waals surface area contributed by atoms with E-state index in [9.17, 15) is 9.59 Å². The number of anilines is 1. The summed E-state index contributed by atoms with van der Waals surface area (Å²) >= 11 is 1.32. The van der Waals surface area contributed by atoms with Crippen molar-refractivity contribution in [3.63, 3.8) is 0 Å². The lowest BCUT2D eigenvalue weighted by molar-refractivity contribution is -0.123. The fourth-order valence-corrected chi connectivity index (χ4v) is 2.25. The molecule has 7 heteroatoms. The van der Waals surface area contributed by atoms with Crippen LogP contribution < -0.4 is 11.1 Å². The minimum Gasteiger partial charge on any atom is -0.366 e. The van der Waals surface area contributed by atoms with Gasteiger partial charge in [-0.2, -0.15) is 0 Å². The number of primary amides is 1. The zero-order valence-electron chi connectivity index (χ0n) is 12.0. The maximum absolute atomic E-state index is 11.9. The Morgan fingerprint density at radius 2 is 1.95 bits per heavy atom. The SMILES string of the molecule is CC(C)(C)C(=O)Nc1ncc(-c2cncc(C(N)=O)c2)s1. The molecular weight excluding hydrogens is 288 g/mol. The van der Waals surface area contributed by atoms with Crippen molar-refractivity contribution in [1.29, 1.82) is 0 Å². The average molecular weight is 304 g/mol. The summed E-state index contributed by atoms with van der Waals surface area (Å²) in [4.78, 5) is 32.0. The van der Waals surface area contributed by atoms with Crippen LogP contribution in [0.3, 0.4) is 0 Å². The summed E-state index contributed by atoms with van der Waals surface area (Å²) < 4.78 is 0. The molecule has 2 aromatic rings. The van der Waals surface area contributed by atoms with Crippen LogP contribution >= 0.6 is 11.3 Å². The van der Waals surface area contributed by atoms with E-state index in [0.29, 0.717) is 10.7 Å². The summed E-state index contributed by atoms with van der Waals surface area (Å²) in [5.74, 6) is -0.637. The first-order valence-electron chi connectivity index (χ1n) is 6.30. The van der Waals surface area contributed by atoms with Crippen molar-refractivity contribution < 1.29 is 9.59 Å². The summed E-state index contributed by atoms with van der Waals surface area (Å²) in [6.45, 7) is 5.49. The van der Waals surface area contributed by atoms with Gasteiger partial charge in [0.25, 0.3) is 0 Å². The molecule has 0 aliphatic heterocycles. The highest BCUT2D eigenvalue weighted by molar-refractivity contribution is 7.19. The Labute approximate surface area is 126 Å². The Hall–Kier alpha value is -2.28. The highest BCUT2D eigenvalue weighted by Gasteiger charge is 2.22. The van der Waals surface area contributed by atoms with Gasteiger partial charge in [-0.1, -0.05) is 32.1 Å². The number of nitrogens with two attached hydrogens (primary N) is 1. The molecule has 0 aromatic carbocycles. The zero-order valence-corrected chi connectivity index (χ0v) is 12.8. The lowest BCUT2D eigenvalue weighted by Gasteiger charge is -2.15. The molecule has 6 nitrogen and oxygen atoms in total. The highest BCUT2D eigenvalue weighted by Crippen LogP contribution is 2.29. The molecule has 0 bridgehead atoms. The molecule has 0 aliphatic carbocycles. The molecule has 0 atom stereocenters. The third kappa shape index (κ3) is 3.63. The topological polar surface area (TPSA) is 98.0 Å². The maximum atomic E-state index is 11.9. The average Bonchev–Trinajstić information content (AvgIpc) is 2.86. The number of nitrogens with zero attached hydrogens (tertiary/aromatic N) is 2. The van der Waals surface area contributed by atoms with Gasteiger partial charge in [-0.15, -0.1) is 0 Å². The molecule has 21 heavy (non-hydrogen) atoms. The Morgan fingerprint density at radius 3 is 2.57 bits per heavy atom. The van der Waals surface area contributed by atoms with Gasteiger partial charge in [-0.05, 0) is 6.07 Å². The smallest absolute Gasteiger partial charge is 0.250 e. The monoisotopic (exact) mass is 304 g/mol. The molecule has 2 aromatic heterocycles.